The highest BCUT2D eigenvalue weighted by Gasteiger charge is 2.14. The topological polar surface area (TPSA) is 55.8 Å². The van der Waals surface area contributed by atoms with Crippen molar-refractivity contribution in [1.82, 2.24) is 0 Å². The number of rotatable bonds is 5. The van der Waals surface area contributed by atoms with Crippen molar-refractivity contribution >= 4 is 17.6 Å². The van der Waals surface area contributed by atoms with Gasteiger partial charge in [0.1, 0.15) is 0 Å². The molecule has 0 aliphatic heterocycles. The molecule has 0 unspecified atom stereocenters. The molecular formula is C11H13ClO4. The van der Waals surface area contributed by atoms with Gasteiger partial charge in [-0.3, -0.25) is 4.79 Å². The number of hydrogen-bond acceptors (Lipinski definition) is 3. The van der Waals surface area contributed by atoms with Crippen LogP contribution < -0.4 is 9.47 Å². The maximum atomic E-state index is 10.5. The second kappa shape index (κ2) is 5.61. The first kappa shape index (κ1) is 12.6. The smallest absolute Gasteiger partial charge is 0.303 e. The summed E-state index contributed by atoms with van der Waals surface area (Å²) < 4.78 is 10.3. The van der Waals surface area contributed by atoms with Crippen LogP contribution in [0.3, 0.4) is 0 Å². The fraction of sp³-hybridized carbons (Fsp3) is 0.364. The monoisotopic (exact) mass is 244 g/mol. The maximum Gasteiger partial charge on any atom is 0.303 e. The summed E-state index contributed by atoms with van der Waals surface area (Å²) in [5, 5.41) is 9.13. The molecule has 0 aliphatic carbocycles. The molecule has 1 rings (SSSR count). The van der Waals surface area contributed by atoms with Gasteiger partial charge in [-0.1, -0.05) is 11.6 Å². The summed E-state index contributed by atoms with van der Waals surface area (Å²) in [6.07, 6.45) is 0.317. The molecule has 4 nitrogen and oxygen atoms in total. The molecule has 16 heavy (non-hydrogen) atoms. The maximum absolute atomic E-state index is 10.5. The van der Waals surface area contributed by atoms with E-state index in [1.54, 1.807) is 12.1 Å². The fourth-order valence-electron chi connectivity index (χ4n) is 1.43. The number of carboxylic acid groups (broad SMARTS) is 1. The Morgan fingerprint density at radius 3 is 2.56 bits per heavy atom. The van der Waals surface area contributed by atoms with Crippen LogP contribution in [0.15, 0.2) is 12.1 Å². The van der Waals surface area contributed by atoms with Crippen molar-refractivity contribution in [1.29, 1.82) is 0 Å². The molecule has 0 aliphatic rings. The summed E-state index contributed by atoms with van der Waals surface area (Å²) in [6.45, 7) is 0. The molecule has 0 heterocycles. The van der Waals surface area contributed by atoms with Gasteiger partial charge in [-0.25, -0.2) is 0 Å². The number of benzene rings is 1. The number of methoxy groups -OCH3 is 2. The van der Waals surface area contributed by atoms with Crippen molar-refractivity contribution in [3.8, 4) is 11.5 Å². The van der Waals surface area contributed by atoms with Crippen molar-refractivity contribution in [2.45, 2.75) is 12.8 Å². The van der Waals surface area contributed by atoms with Crippen LogP contribution in [0.5, 0.6) is 11.5 Å². The van der Waals surface area contributed by atoms with Crippen LogP contribution in [-0.4, -0.2) is 25.3 Å². The summed E-state index contributed by atoms with van der Waals surface area (Å²) >= 11 is 5.99. The van der Waals surface area contributed by atoms with Gasteiger partial charge < -0.3 is 14.6 Å². The predicted octanol–water partition coefficient (Wildman–Crippen LogP) is 2.37. The summed E-state index contributed by atoms with van der Waals surface area (Å²) in [5.74, 6) is 0.171. The third kappa shape index (κ3) is 2.79. The molecule has 0 radical (unpaired) electrons. The molecule has 1 N–H and O–H groups in total. The summed E-state index contributed by atoms with van der Waals surface area (Å²) in [7, 11) is 3.02. The Bertz CT molecular complexity index is 390. The van der Waals surface area contributed by atoms with Crippen LogP contribution in [-0.2, 0) is 11.2 Å². The first-order valence-corrected chi connectivity index (χ1v) is 5.09. The molecule has 0 fully saturated rings. The van der Waals surface area contributed by atoms with E-state index < -0.39 is 5.97 Å². The summed E-state index contributed by atoms with van der Waals surface area (Å²) in [5.41, 5.74) is 0.658. The lowest BCUT2D eigenvalue weighted by molar-refractivity contribution is -0.136. The Hall–Kier alpha value is -1.42. The van der Waals surface area contributed by atoms with Crippen LogP contribution in [0.1, 0.15) is 12.0 Å². The largest absolute Gasteiger partial charge is 0.493 e. The lowest BCUT2D eigenvalue weighted by Crippen LogP contribution is -2.01. The van der Waals surface area contributed by atoms with Crippen molar-refractivity contribution in [3.63, 3.8) is 0 Å². The number of hydrogen-bond donors (Lipinski definition) is 1. The van der Waals surface area contributed by atoms with Gasteiger partial charge in [0, 0.05) is 17.0 Å². The minimum Gasteiger partial charge on any atom is -0.493 e. The SMILES string of the molecule is COc1ccc(Cl)c(CCC(=O)O)c1OC. The Balaban J connectivity index is 3.07. The first-order valence-electron chi connectivity index (χ1n) is 4.71. The van der Waals surface area contributed by atoms with Crippen molar-refractivity contribution in [2.24, 2.45) is 0 Å². The number of carbonyl (C=O) groups is 1. The molecular weight excluding hydrogens is 232 g/mol. The molecule has 1 aromatic carbocycles. The van der Waals surface area contributed by atoms with E-state index in [1.165, 1.54) is 14.2 Å². The standard InChI is InChI=1S/C11H13ClO4/c1-15-9-5-4-8(12)7(11(9)16-2)3-6-10(13)14/h4-5H,3,6H2,1-2H3,(H,13,14). The highest BCUT2D eigenvalue weighted by Crippen LogP contribution is 2.36. The van der Waals surface area contributed by atoms with E-state index in [0.29, 0.717) is 28.5 Å². The van der Waals surface area contributed by atoms with Gasteiger partial charge in [0.05, 0.1) is 14.2 Å². The zero-order valence-corrected chi connectivity index (χ0v) is 9.87. The molecule has 0 bridgehead atoms. The molecule has 0 aromatic heterocycles. The van der Waals surface area contributed by atoms with Gasteiger partial charge in [-0.05, 0) is 18.6 Å². The number of carboxylic acids is 1. The zero-order chi connectivity index (χ0) is 12.1. The Morgan fingerprint density at radius 1 is 1.38 bits per heavy atom. The van der Waals surface area contributed by atoms with Crippen molar-refractivity contribution < 1.29 is 19.4 Å². The zero-order valence-electron chi connectivity index (χ0n) is 9.12. The van der Waals surface area contributed by atoms with Gasteiger partial charge in [-0.2, -0.15) is 0 Å². The Labute approximate surface area is 98.7 Å². The van der Waals surface area contributed by atoms with E-state index in [-0.39, 0.29) is 6.42 Å². The highest BCUT2D eigenvalue weighted by molar-refractivity contribution is 6.31. The lowest BCUT2D eigenvalue weighted by atomic mass is 10.1. The van der Waals surface area contributed by atoms with Gasteiger partial charge in [-0.15, -0.1) is 0 Å². The number of halogens is 1. The Kier molecular flexibility index (Phi) is 4.43. The van der Waals surface area contributed by atoms with Gasteiger partial charge >= 0.3 is 5.97 Å². The van der Waals surface area contributed by atoms with Crippen LogP contribution in [0.4, 0.5) is 0 Å². The van der Waals surface area contributed by atoms with Gasteiger partial charge in [0.15, 0.2) is 11.5 Å². The van der Waals surface area contributed by atoms with E-state index in [9.17, 15) is 4.79 Å². The van der Waals surface area contributed by atoms with Crippen LogP contribution in [0.25, 0.3) is 0 Å². The second-order valence-corrected chi connectivity index (χ2v) is 3.56. The third-order valence-corrected chi connectivity index (χ3v) is 2.53. The molecule has 0 saturated carbocycles. The molecule has 1 aromatic rings. The molecule has 0 saturated heterocycles. The normalized spacial score (nSPS) is 9.94. The van der Waals surface area contributed by atoms with Crippen molar-refractivity contribution in [3.05, 3.63) is 22.7 Å². The minimum absolute atomic E-state index is 0.00322. The summed E-state index contributed by atoms with van der Waals surface area (Å²) in [6, 6.07) is 3.35. The molecule has 5 heteroatoms. The van der Waals surface area contributed by atoms with Crippen LogP contribution in [0, 0.1) is 0 Å². The van der Waals surface area contributed by atoms with E-state index in [0.717, 1.165) is 0 Å². The van der Waals surface area contributed by atoms with Gasteiger partial charge in [0.25, 0.3) is 0 Å². The van der Waals surface area contributed by atoms with Crippen LogP contribution in [0.2, 0.25) is 5.02 Å². The average molecular weight is 245 g/mol. The van der Waals surface area contributed by atoms with E-state index in [4.69, 9.17) is 26.2 Å². The minimum atomic E-state index is -0.874. The quantitative estimate of drug-likeness (QED) is 0.864. The van der Waals surface area contributed by atoms with E-state index in [1.807, 2.05) is 0 Å². The number of aliphatic carboxylic acids is 1. The fourth-order valence-corrected chi connectivity index (χ4v) is 1.68. The molecule has 88 valence electrons. The van der Waals surface area contributed by atoms with Crippen LogP contribution >= 0.6 is 11.6 Å². The Morgan fingerprint density at radius 2 is 2.06 bits per heavy atom. The van der Waals surface area contributed by atoms with E-state index >= 15 is 0 Å². The average Bonchev–Trinajstić information content (AvgIpc) is 2.26. The third-order valence-electron chi connectivity index (χ3n) is 2.18. The second-order valence-electron chi connectivity index (χ2n) is 3.16. The van der Waals surface area contributed by atoms with Crippen molar-refractivity contribution in [2.75, 3.05) is 14.2 Å². The van der Waals surface area contributed by atoms with Gasteiger partial charge in [0.2, 0.25) is 0 Å². The number of ether oxygens (including phenoxy) is 2. The summed E-state index contributed by atoms with van der Waals surface area (Å²) in [4.78, 5) is 10.5. The molecule has 0 amide bonds. The molecule has 0 spiro atoms. The molecule has 0 atom stereocenters. The van der Waals surface area contributed by atoms with E-state index in [2.05, 4.69) is 0 Å². The first-order chi connectivity index (χ1) is 7.60. The predicted molar refractivity (Wildman–Crippen MR) is 60.5 cm³/mol. The lowest BCUT2D eigenvalue weighted by Gasteiger charge is -2.13. The highest BCUT2D eigenvalue weighted by atomic mass is 35.5.